The average Bonchev–Trinajstić information content (AvgIpc) is 3.60. The van der Waals surface area contributed by atoms with Crippen LogP contribution in [-0.4, -0.2) is 33.6 Å². The van der Waals surface area contributed by atoms with E-state index in [1.807, 2.05) is 0 Å². The second-order valence-corrected chi connectivity index (χ2v) is 12.9. The van der Waals surface area contributed by atoms with Crippen LogP contribution in [0.25, 0.3) is 0 Å². The van der Waals surface area contributed by atoms with Gasteiger partial charge >= 0.3 is 0 Å². The lowest BCUT2D eigenvalue weighted by Gasteiger charge is -2.44. The molecule has 0 aliphatic heterocycles. The first-order valence-corrected chi connectivity index (χ1v) is 14.5. The molecule has 200 valence electrons. The van der Waals surface area contributed by atoms with Crippen molar-refractivity contribution in [3.05, 3.63) is 83.0 Å². The number of benzene rings is 1. The predicted octanol–water partition coefficient (Wildman–Crippen LogP) is 6.72. The van der Waals surface area contributed by atoms with Crippen LogP contribution in [0, 0.1) is 30.1 Å². The molecule has 5 rings (SSSR count). The molecular formula is C34H46O3. The molecule has 1 aromatic carbocycles. The van der Waals surface area contributed by atoms with Gasteiger partial charge in [0.05, 0.1) is 18.3 Å². The minimum absolute atomic E-state index is 0.0927. The van der Waals surface area contributed by atoms with Gasteiger partial charge in [-0.05, 0) is 98.2 Å². The Labute approximate surface area is 223 Å². The summed E-state index contributed by atoms with van der Waals surface area (Å²) in [7, 11) is 0. The number of aliphatic hydroxyl groups is 3. The molecule has 37 heavy (non-hydrogen) atoms. The zero-order valence-corrected chi connectivity index (χ0v) is 23.0. The topological polar surface area (TPSA) is 60.7 Å². The Morgan fingerprint density at radius 1 is 1.03 bits per heavy atom. The number of aliphatic hydroxyl groups excluding tert-OH is 3. The maximum absolute atomic E-state index is 11.2. The first kappa shape index (κ1) is 26.7. The summed E-state index contributed by atoms with van der Waals surface area (Å²) >= 11 is 0. The molecule has 4 aliphatic carbocycles. The molecule has 0 radical (unpaired) electrons. The van der Waals surface area contributed by atoms with Gasteiger partial charge < -0.3 is 15.3 Å². The van der Waals surface area contributed by atoms with Crippen LogP contribution in [0.2, 0.25) is 0 Å². The van der Waals surface area contributed by atoms with Crippen LogP contribution in [0.5, 0.6) is 0 Å². The minimum Gasteiger partial charge on any atom is -0.393 e. The highest BCUT2D eigenvalue weighted by Crippen LogP contribution is 2.60. The van der Waals surface area contributed by atoms with Crippen molar-refractivity contribution in [2.45, 2.75) is 102 Å². The first-order valence-electron chi connectivity index (χ1n) is 14.5. The lowest BCUT2D eigenvalue weighted by Crippen LogP contribution is -2.35. The second kappa shape index (κ2) is 10.3. The highest BCUT2D eigenvalue weighted by molar-refractivity contribution is 5.39. The maximum Gasteiger partial charge on any atom is 0.0817 e. The van der Waals surface area contributed by atoms with E-state index in [1.54, 1.807) is 0 Å². The van der Waals surface area contributed by atoms with E-state index in [2.05, 4.69) is 75.9 Å². The van der Waals surface area contributed by atoms with Gasteiger partial charge in [0.1, 0.15) is 0 Å². The summed E-state index contributed by atoms with van der Waals surface area (Å²) in [6.45, 7) is 11.0. The Kier molecular flexibility index (Phi) is 7.44. The highest BCUT2D eigenvalue weighted by atomic mass is 16.3. The molecule has 0 bridgehead atoms. The maximum atomic E-state index is 11.2. The number of aryl methyl sites for hydroxylation is 1. The van der Waals surface area contributed by atoms with Crippen molar-refractivity contribution in [1.82, 2.24) is 0 Å². The monoisotopic (exact) mass is 502 g/mol. The van der Waals surface area contributed by atoms with E-state index in [-0.39, 0.29) is 10.8 Å². The summed E-state index contributed by atoms with van der Waals surface area (Å²) in [6, 6.07) is 8.71. The van der Waals surface area contributed by atoms with E-state index in [0.717, 1.165) is 30.4 Å². The van der Waals surface area contributed by atoms with E-state index < -0.39 is 18.3 Å². The van der Waals surface area contributed by atoms with Crippen molar-refractivity contribution >= 4 is 0 Å². The zero-order chi connectivity index (χ0) is 26.4. The van der Waals surface area contributed by atoms with Crippen molar-refractivity contribution in [3.63, 3.8) is 0 Å². The molecule has 0 unspecified atom stereocenters. The third-order valence-corrected chi connectivity index (χ3v) is 10.5. The van der Waals surface area contributed by atoms with Crippen molar-refractivity contribution in [2.75, 3.05) is 0 Å². The zero-order valence-electron chi connectivity index (χ0n) is 23.0. The molecule has 3 N–H and O–H groups in total. The summed E-state index contributed by atoms with van der Waals surface area (Å²) in [5.41, 5.74) is 6.00. The van der Waals surface area contributed by atoms with Crippen LogP contribution in [0.15, 0.2) is 71.9 Å². The summed E-state index contributed by atoms with van der Waals surface area (Å²) in [5.74, 6) is 1.62. The SMILES string of the molecule is C=C1C(=CC=C2CCC[C@]3(C)[C@@H]([C@H](C)C=C[C@H](O)C4(c5ccc(C)cc5)CC4)CC[C@@H]23)C[C@@H](O)C[C@@H]1O. The van der Waals surface area contributed by atoms with Gasteiger partial charge in [-0.3, -0.25) is 0 Å². The molecule has 0 saturated heterocycles. The summed E-state index contributed by atoms with van der Waals surface area (Å²) in [5, 5.41) is 31.5. The number of rotatable bonds is 6. The number of fused-ring (bicyclic) bond motifs is 1. The predicted molar refractivity (Wildman–Crippen MR) is 151 cm³/mol. The smallest absolute Gasteiger partial charge is 0.0817 e. The van der Waals surface area contributed by atoms with Gasteiger partial charge in [0, 0.05) is 11.8 Å². The number of hydrogen-bond acceptors (Lipinski definition) is 3. The molecule has 0 spiro atoms. The first-order chi connectivity index (χ1) is 17.6. The molecule has 7 atom stereocenters. The van der Waals surface area contributed by atoms with Crippen LogP contribution in [0.3, 0.4) is 0 Å². The largest absolute Gasteiger partial charge is 0.393 e. The Morgan fingerprint density at radius 2 is 1.76 bits per heavy atom. The van der Waals surface area contributed by atoms with Crippen LogP contribution in [0.4, 0.5) is 0 Å². The fourth-order valence-electron chi connectivity index (χ4n) is 7.98. The van der Waals surface area contributed by atoms with Gasteiger partial charge in [-0.1, -0.05) is 80.1 Å². The van der Waals surface area contributed by atoms with Gasteiger partial charge in [-0.15, -0.1) is 0 Å². The van der Waals surface area contributed by atoms with Crippen LogP contribution >= 0.6 is 0 Å². The molecule has 0 amide bonds. The Morgan fingerprint density at radius 3 is 2.46 bits per heavy atom. The van der Waals surface area contributed by atoms with Crippen molar-refractivity contribution < 1.29 is 15.3 Å². The Bertz CT molecular complexity index is 1090. The third-order valence-electron chi connectivity index (χ3n) is 10.5. The molecule has 3 nitrogen and oxygen atoms in total. The number of allylic oxidation sites excluding steroid dienone is 4. The molecule has 0 heterocycles. The van der Waals surface area contributed by atoms with Gasteiger partial charge in [0.2, 0.25) is 0 Å². The van der Waals surface area contributed by atoms with Gasteiger partial charge in [0.25, 0.3) is 0 Å². The molecule has 4 saturated carbocycles. The van der Waals surface area contributed by atoms with Crippen LogP contribution in [-0.2, 0) is 5.41 Å². The van der Waals surface area contributed by atoms with Crippen LogP contribution < -0.4 is 0 Å². The highest BCUT2D eigenvalue weighted by Gasteiger charge is 2.51. The van der Waals surface area contributed by atoms with E-state index in [1.165, 1.54) is 42.4 Å². The van der Waals surface area contributed by atoms with E-state index in [0.29, 0.717) is 30.6 Å². The second-order valence-electron chi connectivity index (χ2n) is 12.9. The molecule has 3 heteroatoms. The van der Waals surface area contributed by atoms with Crippen LogP contribution in [0.1, 0.15) is 82.8 Å². The summed E-state index contributed by atoms with van der Waals surface area (Å²) < 4.78 is 0. The fourth-order valence-corrected chi connectivity index (χ4v) is 7.98. The normalized spacial score (nSPS) is 37.2. The molecule has 0 aromatic heterocycles. The minimum atomic E-state index is -0.635. The molecule has 4 fully saturated rings. The average molecular weight is 503 g/mol. The standard InChI is InChI=1S/C34H46O3/c1-22-7-12-27(13-8-22)34(18-19-34)32(37)16-9-23(2)29-14-15-30-25(6-5-17-33(29,30)4)10-11-26-20-28(35)21-31(36)24(26)3/h7-13,16,23,28-32,35-37H,3,5-6,14-15,17-21H2,1-2,4H3/t23-,28-,29-,30+,31+,32+,33-/m1/s1. The van der Waals surface area contributed by atoms with Crippen molar-refractivity contribution in [2.24, 2.45) is 23.2 Å². The molecule has 4 aliphatic rings. The fraction of sp³-hybridized carbons (Fsp3) is 0.588. The summed E-state index contributed by atoms with van der Waals surface area (Å²) in [4.78, 5) is 0. The van der Waals surface area contributed by atoms with E-state index >= 15 is 0 Å². The van der Waals surface area contributed by atoms with Gasteiger partial charge in [-0.2, -0.15) is 0 Å². The Hall–Kier alpha value is -1.94. The lowest BCUT2D eigenvalue weighted by molar-refractivity contribution is 0.0862. The van der Waals surface area contributed by atoms with Crippen molar-refractivity contribution in [1.29, 1.82) is 0 Å². The number of hydrogen-bond donors (Lipinski definition) is 3. The van der Waals surface area contributed by atoms with Crippen molar-refractivity contribution in [3.8, 4) is 0 Å². The quantitative estimate of drug-likeness (QED) is 0.378. The third kappa shape index (κ3) is 5.07. The molecule has 1 aromatic rings. The Balaban J connectivity index is 1.28. The summed E-state index contributed by atoms with van der Waals surface area (Å²) in [6.07, 6.45) is 16.4. The van der Waals surface area contributed by atoms with E-state index in [9.17, 15) is 15.3 Å². The van der Waals surface area contributed by atoms with Gasteiger partial charge in [0.15, 0.2) is 0 Å². The lowest BCUT2D eigenvalue weighted by atomic mass is 9.61. The molecular weight excluding hydrogens is 456 g/mol. The van der Waals surface area contributed by atoms with E-state index in [4.69, 9.17) is 0 Å². The van der Waals surface area contributed by atoms with Gasteiger partial charge in [-0.25, -0.2) is 0 Å².